The molecule has 0 spiro atoms. The molecule has 1 N–H and O–H groups in total. The Labute approximate surface area is 264 Å². The lowest BCUT2D eigenvalue weighted by Gasteiger charge is -2.33. The summed E-state index contributed by atoms with van der Waals surface area (Å²) >= 11 is 0. The fourth-order valence-electron chi connectivity index (χ4n) is 4.70. The zero-order valence-corrected chi connectivity index (χ0v) is 27.0. The van der Waals surface area contributed by atoms with E-state index in [1.165, 1.54) is 50.3 Å². The molecular formula is C32H40N4O8S. The molecule has 0 aliphatic carbocycles. The van der Waals surface area contributed by atoms with Crippen LogP contribution in [0.3, 0.4) is 0 Å². The number of aryl methyl sites for hydroxylation is 1. The standard InChI is InChI=1S/C32H40N4O8S/c1-6-8-19-33-32(38)29(7-2)34(21-24-10-14-26(43-4)15-11-24)31(37)22-35(25-12-16-27(44-5)17-13-25)45(41,42)28-18-9-23(3)30(20-28)36(39)40/h9-18,20,29H,6-8,19,21-22H2,1-5H3,(H,33,38)/t29-/m1/s1. The van der Waals surface area contributed by atoms with Gasteiger partial charge >= 0.3 is 0 Å². The second-order valence-electron chi connectivity index (χ2n) is 10.4. The number of unbranched alkanes of at least 4 members (excludes halogenated alkanes) is 1. The van der Waals surface area contributed by atoms with Crippen LogP contribution >= 0.6 is 0 Å². The molecule has 2 amide bonds. The van der Waals surface area contributed by atoms with E-state index < -0.39 is 33.4 Å². The molecular weight excluding hydrogens is 600 g/mol. The number of amides is 2. The number of nitro groups is 1. The summed E-state index contributed by atoms with van der Waals surface area (Å²) in [5, 5.41) is 14.5. The minimum Gasteiger partial charge on any atom is -0.497 e. The van der Waals surface area contributed by atoms with E-state index in [0.717, 1.165) is 23.2 Å². The molecule has 242 valence electrons. The van der Waals surface area contributed by atoms with Gasteiger partial charge in [-0.1, -0.05) is 38.5 Å². The summed E-state index contributed by atoms with van der Waals surface area (Å²) in [5.74, 6) is 0.0967. The number of nitrogens with zero attached hydrogens (tertiary/aromatic N) is 3. The van der Waals surface area contributed by atoms with E-state index in [0.29, 0.717) is 23.6 Å². The summed E-state index contributed by atoms with van der Waals surface area (Å²) in [6.07, 6.45) is 1.91. The van der Waals surface area contributed by atoms with E-state index in [-0.39, 0.29) is 40.7 Å². The second-order valence-corrected chi connectivity index (χ2v) is 12.2. The van der Waals surface area contributed by atoms with Gasteiger partial charge in [-0.3, -0.25) is 24.0 Å². The van der Waals surface area contributed by atoms with Crippen LogP contribution in [0.15, 0.2) is 71.6 Å². The van der Waals surface area contributed by atoms with Gasteiger partial charge < -0.3 is 19.7 Å². The number of nitrogens with one attached hydrogen (secondary N) is 1. The second kappa shape index (κ2) is 15.9. The fourth-order valence-corrected chi connectivity index (χ4v) is 6.14. The lowest BCUT2D eigenvalue weighted by molar-refractivity contribution is -0.385. The van der Waals surface area contributed by atoms with Gasteiger partial charge in [-0.25, -0.2) is 8.42 Å². The number of nitro benzene ring substituents is 1. The average Bonchev–Trinajstić information content (AvgIpc) is 3.03. The quantitative estimate of drug-likeness (QED) is 0.133. The number of benzene rings is 3. The van der Waals surface area contributed by atoms with E-state index in [1.54, 1.807) is 43.3 Å². The van der Waals surface area contributed by atoms with E-state index in [1.807, 2.05) is 6.92 Å². The minimum absolute atomic E-state index is 0.0229. The van der Waals surface area contributed by atoms with E-state index >= 15 is 0 Å². The molecule has 13 heteroatoms. The van der Waals surface area contributed by atoms with Crippen LogP contribution < -0.4 is 19.1 Å². The molecule has 45 heavy (non-hydrogen) atoms. The van der Waals surface area contributed by atoms with Crippen LogP contribution in [0.25, 0.3) is 0 Å². The smallest absolute Gasteiger partial charge is 0.273 e. The molecule has 3 aromatic carbocycles. The predicted octanol–water partition coefficient (Wildman–Crippen LogP) is 4.84. The van der Waals surface area contributed by atoms with Crippen LogP contribution in [0.5, 0.6) is 11.5 Å². The molecule has 0 fully saturated rings. The lowest BCUT2D eigenvalue weighted by Crippen LogP contribution is -2.52. The minimum atomic E-state index is -4.50. The molecule has 1 atom stereocenters. The van der Waals surface area contributed by atoms with Gasteiger partial charge in [0.1, 0.15) is 24.1 Å². The zero-order valence-electron chi connectivity index (χ0n) is 26.2. The van der Waals surface area contributed by atoms with Crippen LogP contribution in [-0.4, -0.2) is 63.4 Å². The van der Waals surface area contributed by atoms with E-state index in [4.69, 9.17) is 9.47 Å². The first kappa shape index (κ1) is 34.8. The van der Waals surface area contributed by atoms with Gasteiger partial charge in [0, 0.05) is 24.7 Å². The van der Waals surface area contributed by atoms with Crippen LogP contribution in [0.2, 0.25) is 0 Å². The topological polar surface area (TPSA) is 148 Å². The Kier molecular flexibility index (Phi) is 12.3. The number of hydrogen-bond donors (Lipinski definition) is 1. The number of sulfonamides is 1. The molecule has 0 bridgehead atoms. The van der Waals surface area contributed by atoms with Crippen molar-refractivity contribution in [2.75, 3.05) is 31.6 Å². The largest absolute Gasteiger partial charge is 0.497 e. The summed E-state index contributed by atoms with van der Waals surface area (Å²) in [7, 11) is -1.50. The predicted molar refractivity (Wildman–Crippen MR) is 171 cm³/mol. The van der Waals surface area contributed by atoms with Crippen molar-refractivity contribution in [2.24, 2.45) is 0 Å². The fraction of sp³-hybridized carbons (Fsp3) is 0.375. The lowest BCUT2D eigenvalue weighted by atomic mass is 10.1. The maximum absolute atomic E-state index is 14.2. The Balaban J connectivity index is 2.09. The summed E-state index contributed by atoms with van der Waals surface area (Å²) in [6.45, 7) is 5.07. The van der Waals surface area contributed by atoms with Gasteiger partial charge in [0.25, 0.3) is 15.7 Å². The van der Waals surface area contributed by atoms with Crippen molar-refractivity contribution in [2.45, 2.75) is 57.5 Å². The van der Waals surface area contributed by atoms with Gasteiger partial charge in [-0.2, -0.15) is 0 Å². The summed E-state index contributed by atoms with van der Waals surface area (Å²) < 4.78 is 39.6. The van der Waals surface area contributed by atoms with Gasteiger partial charge in [0.2, 0.25) is 11.8 Å². The number of methoxy groups -OCH3 is 2. The molecule has 0 aliphatic rings. The average molecular weight is 641 g/mol. The Morgan fingerprint density at radius 2 is 1.56 bits per heavy atom. The van der Waals surface area contributed by atoms with Crippen LogP contribution in [0.1, 0.15) is 44.2 Å². The first-order valence-corrected chi connectivity index (χ1v) is 16.0. The monoisotopic (exact) mass is 640 g/mol. The zero-order chi connectivity index (χ0) is 33.1. The van der Waals surface area contributed by atoms with Crippen molar-refractivity contribution in [3.63, 3.8) is 0 Å². The Bertz CT molecular complexity index is 1580. The molecule has 12 nitrogen and oxygen atoms in total. The first-order valence-electron chi connectivity index (χ1n) is 14.6. The van der Waals surface area contributed by atoms with Crippen molar-refractivity contribution in [1.82, 2.24) is 10.2 Å². The van der Waals surface area contributed by atoms with Gasteiger partial charge in [-0.05, 0) is 67.8 Å². The number of anilines is 1. The van der Waals surface area contributed by atoms with Crippen LogP contribution in [0, 0.1) is 17.0 Å². The van der Waals surface area contributed by atoms with Crippen molar-refractivity contribution < 1.29 is 32.4 Å². The maximum Gasteiger partial charge on any atom is 0.273 e. The van der Waals surface area contributed by atoms with Crippen molar-refractivity contribution in [3.05, 3.63) is 88.0 Å². The number of carbonyl (C=O) groups excluding carboxylic acids is 2. The third-order valence-corrected chi connectivity index (χ3v) is 9.10. The van der Waals surface area contributed by atoms with Gasteiger partial charge in [0.05, 0.1) is 29.7 Å². The maximum atomic E-state index is 14.2. The van der Waals surface area contributed by atoms with Gasteiger partial charge in [-0.15, -0.1) is 0 Å². The van der Waals surface area contributed by atoms with Crippen molar-refractivity contribution in [3.8, 4) is 11.5 Å². The number of ether oxygens (including phenoxy) is 2. The van der Waals surface area contributed by atoms with Crippen molar-refractivity contribution >= 4 is 33.2 Å². The molecule has 0 unspecified atom stereocenters. The van der Waals surface area contributed by atoms with E-state index in [2.05, 4.69) is 5.32 Å². The third-order valence-electron chi connectivity index (χ3n) is 7.33. The summed E-state index contributed by atoms with van der Waals surface area (Å²) in [5.41, 5.74) is 0.763. The van der Waals surface area contributed by atoms with Crippen LogP contribution in [-0.2, 0) is 26.2 Å². The number of rotatable bonds is 16. The highest BCUT2D eigenvalue weighted by molar-refractivity contribution is 7.92. The Morgan fingerprint density at radius 1 is 0.956 bits per heavy atom. The van der Waals surface area contributed by atoms with Crippen molar-refractivity contribution in [1.29, 1.82) is 0 Å². The molecule has 0 heterocycles. The Morgan fingerprint density at radius 3 is 2.09 bits per heavy atom. The number of carbonyl (C=O) groups is 2. The molecule has 0 aromatic heterocycles. The highest BCUT2D eigenvalue weighted by atomic mass is 32.2. The third kappa shape index (κ3) is 8.72. The molecule has 3 aromatic rings. The first-order chi connectivity index (χ1) is 21.5. The highest BCUT2D eigenvalue weighted by Crippen LogP contribution is 2.29. The molecule has 0 radical (unpaired) electrons. The van der Waals surface area contributed by atoms with Gasteiger partial charge in [0.15, 0.2) is 0 Å². The molecule has 3 rings (SSSR count). The van der Waals surface area contributed by atoms with E-state index in [9.17, 15) is 28.1 Å². The highest BCUT2D eigenvalue weighted by Gasteiger charge is 2.34. The Hall–Kier alpha value is -4.65. The summed E-state index contributed by atoms with van der Waals surface area (Å²) in [4.78, 5) is 39.5. The number of hydrogen-bond acceptors (Lipinski definition) is 8. The molecule has 0 saturated carbocycles. The molecule has 0 aliphatic heterocycles. The summed E-state index contributed by atoms with van der Waals surface area (Å²) in [6, 6.07) is 15.8. The normalized spacial score (nSPS) is 11.8. The van der Waals surface area contributed by atoms with Crippen LogP contribution in [0.4, 0.5) is 11.4 Å². The molecule has 0 saturated heterocycles. The SMILES string of the molecule is CCCCNC(=O)[C@@H](CC)N(Cc1ccc(OC)cc1)C(=O)CN(c1ccc(OC)cc1)S(=O)(=O)c1ccc(C)c([N+](=O)[O-])c1.